The number of rotatable bonds is 6. The Hall–Kier alpha value is -3.32. The number of H-pyrrole nitrogens is 1. The number of anilines is 1. The molecular formula is C22H22ClN3O4. The molecule has 3 rings (SSSR count). The molecule has 156 valence electrons. The second kappa shape index (κ2) is 9.00. The lowest BCUT2D eigenvalue weighted by atomic mass is 10.1. The Kier molecular flexibility index (Phi) is 6.42. The van der Waals surface area contributed by atoms with E-state index in [4.69, 9.17) is 16.3 Å². The van der Waals surface area contributed by atoms with Gasteiger partial charge in [0.15, 0.2) is 0 Å². The van der Waals surface area contributed by atoms with E-state index in [-0.39, 0.29) is 17.7 Å². The fraction of sp³-hybridized carbons (Fsp3) is 0.227. The molecule has 2 amide bonds. The normalized spacial score (nSPS) is 10.8. The van der Waals surface area contributed by atoms with E-state index in [0.717, 1.165) is 10.9 Å². The molecule has 1 heterocycles. The molecule has 0 fully saturated rings. The van der Waals surface area contributed by atoms with Crippen LogP contribution in [0.3, 0.4) is 0 Å². The minimum Gasteiger partial charge on any atom is -0.464 e. The number of esters is 1. The van der Waals surface area contributed by atoms with Gasteiger partial charge >= 0.3 is 5.97 Å². The Morgan fingerprint density at radius 1 is 1.10 bits per heavy atom. The molecule has 0 aliphatic carbocycles. The van der Waals surface area contributed by atoms with Gasteiger partial charge in [0.25, 0.3) is 5.91 Å². The predicted molar refractivity (Wildman–Crippen MR) is 116 cm³/mol. The van der Waals surface area contributed by atoms with Gasteiger partial charge in [0.05, 0.1) is 17.7 Å². The van der Waals surface area contributed by atoms with Crippen LogP contribution in [0, 0.1) is 5.92 Å². The SMILES string of the molecule is COC(=O)c1cc2ccc(NC(=O)c3cc(CNC(=O)C(C)C)ccc3Cl)cc2[nH]1. The van der Waals surface area contributed by atoms with Crippen LogP contribution in [-0.4, -0.2) is 29.9 Å². The van der Waals surface area contributed by atoms with Crippen molar-refractivity contribution in [3.8, 4) is 0 Å². The Balaban J connectivity index is 1.77. The van der Waals surface area contributed by atoms with Gasteiger partial charge in [0, 0.05) is 29.1 Å². The summed E-state index contributed by atoms with van der Waals surface area (Å²) in [4.78, 5) is 39.2. The van der Waals surface area contributed by atoms with Crippen LogP contribution in [0.5, 0.6) is 0 Å². The van der Waals surface area contributed by atoms with Gasteiger partial charge in [-0.05, 0) is 35.9 Å². The quantitative estimate of drug-likeness (QED) is 0.515. The van der Waals surface area contributed by atoms with Crippen molar-refractivity contribution >= 4 is 46.0 Å². The molecule has 0 atom stereocenters. The molecule has 0 radical (unpaired) electrons. The maximum Gasteiger partial charge on any atom is 0.354 e. The molecular weight excluding hydrogens is 406 g/mol. The van der Waals surface area contributed by atoms with Crippen molar-refractivity contribution in [2.24, 2.45) is 5.92 Å². The first kappa shape index (κ1) is 21.4. The van der Waals surface area contributed by atoms with E-state index in [2.05, 4.69) is 15.6 Å². The molecule has 0 unspecified atom stereocenters. The minimum absolute atomic E-state index is 0.0680. The van der Waals surface area contributed by atoms with E-state index in [1.807, 2.05) is 13.8 Å². The summed E-state index contributed by atoms with van der Waals surface area (Å²) in [7, 11) is 1.31. The second-order valence-electron chi connectivity index (χ2n) is 7.12. The molecule has 0 bridgehead atoms. The van der Waals surface area contributed by atoms with Crippen molar-refractivity contribution in [1.82, 2.24) is 10.3 Å². The molecule has 0 aliphatic heterocycles. The number of aromatic amines is 1. The molecule has 8 heteroatoms. The Morgan fingerprint density at radius 2 is 1.87 bits per heavy atom. The summed E-state index contributed by atoms with van der Waals surface area (Å²) in [6.45, 7) is 3.93. The number of amides is 2. The highest BCUT2D eigenvalue weighted by molar-refractivity contribution is 6.34. The molecule has 0 aliphatic rings. The number of aromatic nitrogens is 1. The highest BCUT2D eigenvalue weighted by atomic mass is 35.5. The average molecular weight is 428 g/mol. The van der Waals surface area contributed by atoms with Crippen molar-refractivity contribution in [2.75, 3.05) is 12.4 Å². The summed E-state index contributed by atoms with van der Waals surface area (Å²) in [5, 5.41) is 6.74. The number of nitrogens with one attached hydrogen (secondary N) is 3. The number of benzene rings is 2. The highest BCUT2D eigenvalue weighted by Gasteiger charge is 2.14. The van der Waals surface area contributed by atoms with E-state index in [1.54, 1.807) is 42.5 Å². The van der Waals surface area contributed by atoms with Crippen molar-refractivity contribution in [3.05, 3.63) is 64.3 Å². The average Bonchev–Trinajstić information content (AvgIpc) is 3.15. The Bertz CT molecular complexity index is 1120. The highest BCUT2D eigenvalue weighted by Crippen LogP contribution is 2.23. The van der Waals surface area contributed by atoms with Gasteiger partial charge in [0.1, 0.15) is 5.69 Å². The van der Waals surface area contributed by atoms with Gasteiger partial charge < -0.3 is 20.4 Å². The number of hydrogen-bond donors (Lipinski definition) is 3. The minimum atomic E-state index is -0.468. The topological polar surface area (TPSA) is 100 Å². The fourth-order valence-corrected chi connectivity index (χ4v) is 3.08. The lowest BCUT2D eigenvalue weighted by molar-refractivity contribution is -0.124. The number of carbonyl (C=O) groups is 3. The zero-order valence-electron chi connectivity index (χ0n) is 16.8. The van der Waals surface area contributed by atoms with Gasteiger partial charge in [-0.3, -0.25) is 9.59 Å². The fourth-order valence-electron chi connectivity index (χ4n) is 2.87. The summed E-state index contributed by atoms with van der Waals surface area (Å²) in [5.41, 5.74) is 2.62. The molecule has 0 spiro atoms. The van der Waals surface area contributed by atoms with Crippen molar-refractivity contribution in [1.29, 1.82) is 0 Å². The number of fused-ring (bicyclic) bond motifs is 1. The van der Waals surface area contributed by atoms with Gasteiger partial charge in [0.2, 0.25) is 5.91 Å². The van der Waals surface area contributed by atoms with E-state index in [0.29, 0.717) is 34.0 Å². The first-order valence-electron chi connectivity index (χ1n) is 9.37. The first-order chi connectivity index (χ1) is 14.3. The summed E-state index contributed by atoms with van der Waals surface area (Å²) in [6, 6.07) is 12.0. The third kappa shape index (κ3) is 4.80. The second-order valence-corrected chi connectivity index (χ2v) is 7.52. The van der Waals surface area contributed by atoms with Crippen LogP contribution in [-0.2, 0) is 16.1 Å². The van der Waals surface area contributed by atoms with Crippen LogP contribution in [0.15, 0.2) is 42.5 Å². The van der Waals surface area contributed by atoms with Gasteiger partial charge in [-0.2, -0.15) is 0 Å². The molecule has 0 saturated heterocycles. The zero-order chi connectivity index (χ0) is 21.8. The first-order valence-corrected chi connectivity index (χ1v) is 9.75. The number of carbonyl (C=O) groups excluding carboxylic acids is 3. The van der Waals surface area contributed by atoms with Crippen molar-refractivity contribution in [2.45, 2.75) is 20.4 Å². The van der Waals surface area contributed by atoms with Gasteiger partial charge in [-0.25, -0.2) is 4.79 Å². The summed E-state index contributed by atoms with van der Waals surface area (Å²) in [5.74, 6) is -1.04. The predicted octanol–water partition coefficient (Wildman–Crippen LogP) is 4.13. The monoisotopic (exact) mass is 427 g/mol. The van der Waals surface area contributed by atoms with E-state index >= 15 is 0 Å². The van der Waals surface area contributed by atoms with Crippen molar-refractivity contribution in [3.63, 3.8) is 0 Å². The molecule has 7 nitrogen and oxygen atoms in total. The van der Waals surface area contributed by atoms with E-state index in [9.17, 15) is 14.4 Å². The smallest absolute Gasteiger partial charge is 0.354 e. The summed E-state index contributed by atoms with van der Waals surface area (Å²) < 4.78 is 4.71. The lowest BCUT2D eigenvalue weighted by Gasteiger charge is -2.11. The molecule has 3 N–H and O–H groups in total. The zero-order valence-corrected chi connectivity index (χ0v) is 17.6. The van der Waals surface area contributed by atoms with Crippen LogP contribution in [0.4, 0.5) is 5.69 Å². The van der Waals surface area contributed by atoms with Crippen LogP contribution in [0.2, 0.25) is 5.02 Å². The molecule has 3 aromatic rings. The van der Waals surface area contributed by atoms with E-state index in [1.165, 1.54) is 7.11 Å². The molecule has 1 aromatic heterocycles. The maximum atomic E-state index is 12.8. The number of ether oxygens (including phenoxy) is 1. The number of hydrogen-bond acceptors (Lipinski definition) is 4. The largest absolute Gasteiger partial charge is 0.464 e. The molecule has 2 aromatic carbocycles. The van der Waals surface area contributed by atoms with E-state index < -0.39 is 5.97 Å². The van der Waals surface area contributed by atoms with Crippen LogP contribution in [0.25, 0.3) is 10.9 Å². The maximum absolute atomic E-state index is 12.8. The standard InChI is InChI=1S/C22H22ClN3O4/c1-12(2)20(27)24-11-13-4-7-17(23)16(8-13)21(28)25-15-6-5-14-9-19(22(29)30-3)26-18(14)10-15/h4-10,12,26H,11H2,1-3H3,(H,24,27)(H,25,28). The molecule has 30 heavy (non-hydrogen) atoms. The Morgan fingerprint density at radius 3 is 2.57 bits per heavy atom. The van der Waals surface area contributed by atoms with Crippen molar-refractivity contribution < 1.29 is 19.1 Å². The molecule has 0 saturated carbocycles. The van der Waals surface area contributed by atoms with Crippen LogP contribution < -0.4 is 10.6 Å². The van der Waals surface area contributed by atoms with Crippen LogP contribution in [0.1, 0.15) is 40.3 Å². The third-order valence-corrected chi connectivity index (χ3v) is 4.88. The Labute approximate surface area is 178 Å². The summed E-state index contributed by atoms with van der Waals surface area (Å²) >= 11 is 6.21. The third-order valence-electron chi connectivity index (χ3n) is 4.55. The number of halogens is 1. The summed E-state index contributed by atoms with van der Waals surface area (Å²) in [6.07, 6.45) is 0. The van der Waals surface area contributed by atoms with Gasteiger partial charge in [-0.1, -0.05) is 37.6 Å². The van der Waals surface area contributed by atoms with Gasteiger partial charge in [-0.15, -0.1) is 0 Å². The lowest BCUT2D eigenvalue weighted by Crippen LogP contribution is -2.27. The van der Waals surface area contributed by atoms with Crippen LogP contribution >= 0.6 is 11.6 Å². The number of methoxy groups -OCH3 is 1.